The van der Waals surface area contributed by atoms with Crippen molar-refractivity contribution in [1.29, 1.82) is 0 Å². The van der Waals surface area contributed by atoms with Gasteiger partial charge >= 0.3 is 0 Å². The molecule has 1 unspecified atom stereocenters. The van der Waals surface area contributed by atoms with Crippen LogP contribution in [0.5, 0.6) is 0 Å². The molecule has 0 saturated heterocycles. The third kappa shape index (κ3) is 4.66. The van der Waals surface area contributed by atoms with Crippen LogP contribution in [0.25, 0.3) is 0 Å². The van der Waals surface area contributed by atoms with E-state index in [2.05, 4.69) is 29.8 Å². The second-order valence-electron chi connectivity index (χ2n) is 4.32. The fraction of sp³-hybridized carbons (Fsp3) is 0.500. The standard InChI is InChI=1S/C12H18BrNOS/c1-9(2)5-6-16(15)8-10-3-4-11(14)7-12(10)13/h3-4,7,9H,5-6,8,14H2,1-2H3. The molecule has 0 aliphatic carbocycles. The highest BCUT2D eigenvalue weighted by molar-refractivity contribution is 9.10. The summed E-state index contributed by atoms with van der Waals surface area (Å²) in [7, 11) is -0.779. The second-order valence-corrected chi connectivity index (χ2v) is 6.75. The van der Waals surface area contributed by atoms with Gasteiger partial charge in [0.1, 0.15) is 0 Å². The molecule has 16 heavy (non-hydrogen) atoms. The maximum Gasteiger partial charge on any atom is 0.0496 e. The van der Waals surface area contributed by atoms with Crippen LogP contribution in [0.15, 0.2) is 22.7 Å². The van der Waals surface area contributed by atoms with E-state index in [1.54, 1.807) is 0 Å². The SMILES string of the molecule is CC(C)CCS(=O)Cc1ccc(N)cc1Br. The molecule has 0 aliphatic heterocycles. The van der Waals surface area contributed by atoms with Crippen molar-refractivity contribution in [2.24, 2.45) is 5.92 Å². The molecule has 0 aromatic heterocycles. The maximum absolute atomic E-state index is 11.8. The van der Waals surface area contributed by atoms with E-state index in [1.807, 2.05) is 18.2 Å². The summed E-state index contributed by atoms with van der Waals surface area (Å²) in [4.78, 5) is 0. The van der Waals surface area contributed by atoms with E-state index in [0.717, 1.165) is 27.9 Å². The summed E-state index contributed by atoms with van der Waals surface area (Å²) in [6.45, 7) is 4.30. The first kappa shape index (κ1) is 13.7. The molecule has 1 aromatic rings. The molecule has 0 bridgehead atoms. The Balaban J connectivity index is 2.56. The summed E-state index contributed by atoms with van der Waals surface area (Å²) in [5.74, 6) is 1.99. The van der Waals surface area contributed by atoms with E-state index in [1.165, 1.54) is 0 Å². The van der Waals surface area contributed by atoms with E-state index >= 15 is 0 Å². The molecule has 1 rings (SSSR count). The molecule has 2 nitrogen and oxygen atoms in total. The molecule has 0 radical (unpaired) electrons. The molecule has 0 aliphatic rings. The van der Waals surface area contributed by atoms with Gasteiger partial charge in [0.2, 0.25) is 0 Å². The van der Waals surface area contributed by atoms with Gasteiger partial charge in [-0.15, -0.1) is 0 Å². The van der Waals surface area contributed by atoms with Crippen molar-refractivity contribution in [2.75, 3.05) is 11.5 Å². The van der Waals surface area contributed by atoms with E-state index < -0.39 is 10.8 Å². The van der Waals surface area contributed by atoms with E-state index in [0.29, 0.717) is 11.7 Å². The molecule has 0 heterocycles. The van der Waals surface area contributed by atoms with E-state index in [4.69, 9.17) is 5.73 Å². The predicted molar refractivity (Wildman–Crippen MR) is 74.7 cm³/mol. The zero-order chi connectivity index (χ0) is 12.1. The van der Waals surface area contributed by atoms with Crippen LogP contribution in [-0.2, 0) is 16.6 Å². The third-order valence-electron chi connectivity index (χ3n) is 2.32. The minimum Gasteiger partial charge on any atom is -0.399 e. The highest BCUT2D eigenvalue weighted by Gasteiger charge is 2.06. The number of hydrogen-bond donors (Lipinski definition) is 1. The molecule has 0 saturated carbocycles. The van der Waals surface area contributed by atoms with Gasteiger partial charge in [0.15, 0.2) is 0 Å². The number of nitrogens with two attached hydrogens (primary N) is 1. The average Bonchev–Trinajstić information content (AvgIpc) is 2.19. The molecular formula is C12H18BrNOS. The number of hydrogen-bond acceptors (Lipinski definition) is 2. The number of anilines is 1. The van der Waals surface area contributed by atoms with Crippen LogP contribution in [0, 0.1) is 5.92 Å². The molecule has 2 N–H and O–H groups in total. The molecule has 4 heteroatoms. The normalized spacial score (nSPS) is 13.0. The van der Waals surface area contributed by atoms with Crippen LogP contribution < -0.4 is 5.73 Å². The van der Waals surface area contributed by atoms with Gasteiger partial charge in [-0.25, -0.2) is 0 Å². The third-order valence-corrected chi connectivity index (χ3v) is 4.38. The van der Waals surface area contributed by atoms with Crippen LogP contribution in [0.1, 0.15) is 25.8 Å². The lowest BCUT2D eigenvalue weighted by Gasteiger charge is -2.07. The molecular weight excluding hydrogens is 286 g/mol. The lowest BCUT2D eigenvalue weighted by molar-refractivity contribution is 0.619. The van der Waals surface area contributed by atoms with Gasteiger partial charge in [-0.2, -0.15) is 0 Å². The molecule has 90 valence electrons. The molecule has 0 amide bonds. The predicted octanol–water partition coefficient (Wildman–Crippen LogP) is 3.33. The Hall–Kier alpha value is -0.350. The zero-order valence-electron chi connectivity index (χ0n) is 9.70. The van der Waals surface area contributed by atoms with Crippen molar-refractivity contribution in [3.8, 4) is 0 Å². The summed E-state index contributed by atoms with van der Waals surface area (Å²) in [5, 5.41) is 0. The Morgan fingerprint density at radius 3 is 2.69 bits per heavy atom. The van der Waals surface area contributed by atoms with Crippen molar-refractivity contribution >= 4 is 32.4 Å². The van der Waals surface area contributed by atoms with Crippen LogP contribution in [0.3, 0.4) is 0 Å². The average molecular weight is 304 g/mol. The summed E-state index contributed by atoms with van der Waals surface area (Å²) < 4.78 is 12.8. The monoisotopic (exact) mass is 303 g/mol. The van der Waals surface area contributed by atoms with E-state index in [9.17, 15) is 4.21 Å². The zero-order valence-corrected chi connectivity index (χ0v) is 12.1. The van der Waals surface area contributed by atoms with Crippen molar-refractivity contribution in [1.82, 2.24) is 0 Å². The van der Waals surface area contributed by atoms with Crippen molar-refractivity contribution in [3.63, 3.8) is 0 Å². The minimum atomic E-state index is -0.779. The molecule has 0 spiro atoms. The van der Waals surface area contributed by atoms with Crippen LogP contribution in [0.4, 0.5) is 5.69 Å². The number of benzene rings is 1. The van der Waals surface area contributed by atoms with Gasteiger partial charge in [-0.05, 0) is 30.0 Å². The van der Waals surface area contributed by atoms with Gasteiger partial charge in [-0.3, -0.25) is 4.21 Å². The lowest BCUT2D eigenvalue weighted by Crippen LogP contribution is -2.04. The summed E-state index contributed by atoms with van der Waals surface area (Å²) >= 11 is 3.44. The Morgan fingerprint density at radius 1 is 1.44 bits per heavy atom. The highest BCUT2D eigenvalue weighted by atomic mass is 79.9. The summed E-state index contributed by atoms with van der Waals surface area (Å²) in [6.07, 6.45) is 1.01. The topological polar surface area (TPSA) is 43.1 Å². The van der Waals surface area contributed by atoms with Gasteiger partial charge in [-0.1, -0.05) is 35.8 Å². The van der Waals surface area contributed by atoms with Gasteiger partial charge in [0.05, 0.1) is 0 Å². The van der Waals surface area contributed by atoms with Crippen LogP contribution >= 0.6 is 15.9 Å². The first-order valence-corrected chi connectivity index (χ1v) is 7.66. The number of nitrogen functional groups attached to an aromatic ring is 1. The minimum absolute atomic E-state index is 0.605. The first-order chi connectivity index (χ1) is 7.49. The molecule has 0 fully saturated rings. The Labute approximate surface area is 108 Å². The number of halogens is 1. The molecule has 1 aromatic carbocycles. The van der Waals surface area contributed by atoms with Gasteiger partial charge in [0, 0.05) is 32.5 Å². The quantitative estimate of drug-likeness (QED) is 0.848. The largest absolute Gasteiger partial charge is 0.399 e. The van der Waals surface area contributed by atoms with Crippen molar-refractivity contribution in [3.05, 3.63) is 28.2 Å². The van der Waals surface area contributed by atoms with Crippen molar-refractivity contribution in [2.45, 2.75) is 26.0 Å². The summed E-state index contributed by atoms with van der Waals surface area (Å²) in [6, 6.07) is 5.64. The van der Waals surface area contributed by atoms with Crippen LogP contribution in [0.2, 0.25) is 0 Å². The second kappa shape index (κ2) is 6.40. The van der Waals surface area contributed by atoms with Crippen LogP contribution in [-0.4, -0.2) is 9.96 Å². The fourth-order valence-electron chi connectivity index (χ4n) is 1.29. The Kier molecular flexibility index (Phi) is 5.49. The van der Waals surface area contributed by atoms with Gasteiger partial charge in [0.25, 0.3) is 0 Å². The van der Waals surface area contributed by atoms with Crippen molar-refractivity contribution < 1.29 is 4.21 Å². The Bertz CT molecular complexity index is 379. The summed E-state index contributed by atoms with van der Waals surface area (Å²) in [5.41, 5.74) is 7.44. The Morgan fingerprint density at radius 2 is 2.12 bits per heavy atom. The smallest absolute Gasteiger partial charge is 0.0496 e. The lowest BCUT2D eigenvalue weighted by atomic mass is 10.2. The highest BCUT2D eigenvalue weighted by Crippen LogP contribution is 2.21. The van der Waals surface area contributed by atoms with Gasteiger partial charge < -0.3 is 5.73 Å². The van der Waals surface area contributed by atoms with E-state index in [-0.39, 0.29) is 0 Å². The molecule has 1 atom stereocenters. The first-order valence-electron chi connectivity index (χ1n) is 5.38. The maximum atomic E-state index is 11.8. The number of rotatable bonds is 5. The fourth-order valence-corrected chi connectivity index (χ4v) is 3.49.